The molecular formula is C24H28N4O2S. The molecule has 0 radical (unpaired) electrons. The highest BCUT2D eigenvalue weighted by Crippen LogP contribution is 2.42. The summed E-state index contributed by atoms with van der Waals surface area (Å²) >= 11 is 1.57. The number of rotatable bonds is 6. The Bertz CT molecular complexity index is 1130. The van der Waals surface area contributed by atoms with E-state index in [4.69, 9.17) is 0 Å². The van der Waals surface area contributed by atoms with Crippen molar-refractivity contribution < 1.29 is 4.79 Å². The van der Waals surface area contributed by atoms with Crippen LogP contribution in [0.5, 0.6) is 0 Å². The lowest BCUT2D eigenvalue weighted by molar-refractivity contribution is -0.115. The first-order valence-corrected chi connectivity index (χ1v) is 11.6. The molecule has 0 spiro atoms. The summed E-state index contributed by atoms with van der Waals surface area (Å²) in [5.41, 5.74) is 4.03. The van der Waals surface area contributed by atoms with Crippen molar-refractivity contribution in [1.29, 1.82) is 0 Å². The van der Waals surface area contributed by atoms with Crippen molar-refractivity contribution in [2.75, 3.05) is 28.6 Å². The molecular weight excluding hydrogens is 408 g/mol. The van der Waals surface area contributed by atoms with Crippen LogP contribution in [0.25, 0.3) is 5.69 Å². The van der Waals surface area contributed by atoms with Gasteiger partial charge in [0.15, 0.2) is 0 Å². The largest absolute Gasteiger partial charge is 0.372 e. The molecule has 7 heteroatoms. The van der Waals surface area contributed by atoms with Crippen molar-refractivity contribution >= 4 is 29.0 Å². The Morgan fingerprint density at radius 1 is 1.00 bits per heavy atom. The van der Waals surface area contributed by atoms with Crippen LogP contribution in [0.1, 0.15) is 30.5 Å². The topological polar surface area (TPSA) is 50.5 Å². The predicted octanol–water partition coefficient (Wildman–Crippen LogP) is 4.11. The minimum Gasteiger partial charge on any atom is -0.372 e. The number of amides is 1. The van der Waals surface area contributed by atoms with E-state index in [1.807, 2.05) is 49.0 Å². The highest BCUT2D eigenvalue weighted by Gasteiger charge is 2.38. The van der Waals surface area contributed by atoms with E-state index in [2.05, 4.69) is 43.0 Å². The van der Waals surface area contributed by atoms with E-state index in [1.165, 1.54) is 0 Å². The molecule has 1 aromatic heterocycles. The van der Waals surface area contributed by atoms with E-state index in [9.17, 15) is 9.59 Å². The third kappa shape index (κ3) is 3.67. The Balaban J connectivity index is 1.75. The van der Waals surface area contributed by atoms with Gasteiger partial charge in [-0.05, 0) is 50.6 Å². The maximum absolute atomic E-state index is 13.5. The van der Waals surface area contributed by atoms with Crippen LogP contribution >= 0.6 is 11.8 Å². The zero-order valence-electron chi connectivity index (χ0n) is 18.4. The summed E-state index contributed by atoms with van der Waals surface area (Å²) in [6.07, 6.45) is 0. The van der Waals surface area contributed by atoms with Crippen molar-refractivity contribution in [3.05, 3.63) is 76.2 Å². The molecule has 2 heterocycles. The number of benzene rings is 2. The summed E-state index contributed by atoms with van der Waals surface area (Å²) in [6.45, 7) is 8.07. The smallest absolute Gasteiger partial charge is 0.295 e. The Morgan fingerprint density at radius 3 is 2.26 bits per heavy atom. The number of carbonyl (C=O) groups is 1. The molecule has 3 aromatic rings. The first-order valence-electron chi connectivity index (χ1n) is 10.6. The second-order valence-corrected chi connectivity index (χ2v) is 8.67. The highest BCUT2D eigenvalue weighted by atomic mass is 32.2. The molecule has 1 saturated heterocycles. The minimum atomic E-state index is -0.212. The standard InChI is InChI=1S/C24H28N4O2S/c1-5-26(6-2)19-14-12-18(13-15-19)24-27(21(29)16-31-24)22-17(3)25(4)28(23(22)30)20-10-8-7-9-11-20/h7-15,24H,5-6,16H2,1-4H3. The van der Waals surface area contributed by atoms with Crippen LogP contribution in [0.15, 0.2) is 59.4 Å². The minimum absolute atomic E-state index is 0.0335. The van der Waals surface area contributed by atoms with Gasteiger partial charge in [-0.1, -0.05) is 30.3 Å². The van der Waals surface area contributed by atoms with Crippen LogP contribution in [-0.4, -0.2) is 34.1 Å². The number of anilines is 2. The third-order valence-electron chi connectivity index (χ3n) is 5.94. The van der Waals surface area contributed by atoms with Crippen LogP contribution < -0.4 is 15.4 Å². The first-order chi connectivity index (χ1) is 15.0. The molecule has 31 heavy (non-hydrogen) atoms. The van der Waals surface area contributed by atoms with Crippen molar-refractivity contribution in [2.45, 2.75) is 26.1 Å². The maximum Gasteiger partial charge on any atom is 0.295 e. The lowest BCUT2D eigenvalue weighted by Crippen LogP contribution is -2.33. The summed E-state index contributed by atoms with van der Waals surface area (Å²) in [5.74, 6) is 0.329. The molecule has 0 aliphatic carbocycles. The van der Waals surface area contributed by atoms with Crippen LogP contribution in [0.3, 0.4) is 0 Å². The number of hydrogen-bond donors (Lipinski definition) is 0. The molecule has 1 unspecified atom stereocenters. The van der Waals surface area contributed by atoms with Crippen LogP contribution in [0.4, 0.5) is 11.4 Å². The van der Waals surface area contributed by atoms with Gasteiger partial charge in [-0.15, -0.1) is 11.8 Å². The zero-order chi connectivity index (χ0) is 22.1. The van der Waals surface area contributed by atoms with E-state index in [0.717, 1.165) is 35.7 Å². The van der Waals surface area contributed by atoms with Gasteiger partial charge < -0.3 is 4.90 Å². The zero-order valence-corrected chi connectivity index (χ0v) is 19.2. The van der Waals surface area contributed by atoms with Crippen molar-refractivity contribution in [3.63, 3.8) is 0 Å². The summed E-state index contributed by atoms with van der Waals surface area (Å²) in [6, 6.07) is 17.9. The molecule has 1 aliphatic heterocycles. The molecule has 6 nitrogen and oxygen atoms in total. The number of thioether (sulfide) groups is 1. The second kappa shape index (κ2) is 8.67. The molecule has 162 valence electrons. The second-order valence-electron chi connectivity index (χ2n) is 7.60. The monoisotopic (exact) mass is 436 g/mol. The van der Waals surface area contributed by atoms with E-state index < -0.39 is 0 Å². The molecule has 1 fully saturated rings. The van der Waals surface area contributed by atoms with Gasteiger partial charge in [0.05, 0.1) is 17.1 Å². The normalized spacial score (nSPS) is 16.2. The Morgan fingerprint density at radius 2 is 1.65 bits per heavy atom. The SMILES string of the molecule is CCN(CC)c1ccc(C2SCC(=O)N2c2c(C)n(C)n(-c3ccccc3)c2=O)cc1. The van der Waals surface area contributed by atoms with Crippen LogP contribution in [0.2, 0.25) is 0 Å². The van der Waals surface area contributed by atoms with Crippen molar-refractivity contribution in [1.82, 2.24) is 9.36 Å². The average molecular weight is 437 g/mol. The fraction of sp³-hybridized carbons (Fsp3) is 0.333. The quantitative estimate of drug-likeness (QED) is 0.584. The highest BCUT2D eigenvalue weighted by molar-refractivity contribution is 8.00. The van der Waals surface area contributed by atoms with Gasteiger partial charge in [-0.2, -0.15) is 0 Å². The average Bonchev–Trinajstić information content (AvgIpc) is 3.26. The Hall–Kier alpha value is -2.93. The molecule has 1 atom stereocenters. The van der Waals surface area contributed by atoms with Crippen LogP contribution in [0, 0.1) is 6.92 Å². The number of hydrogen-bond acceptors (Lipinski definition) is 4. The number of para-hydroxylation sites is 1. The van der Waals surface area contributed by atoms with E-state index in [0.29, 0.717) is 11.4 Å². The maximum atomic E-state index is 13.5. The fourth-order valence-corrected chi connectivity index (χ4v) is 5.34. The van der Waals surface area contributed by atoms with Gasteiger partial charge in [-0.3, -0.25) is 19.2 Å². The lowest BCUT2D eigenvalue weighted by Gasteiger charge is -2.25. The summed E-state index contributed by atoms with van der Waals surface area (Å²) < 4.78 is 3.45. The number of carbonyl (C=O) groups excluding carboxylic acids is 1. The summed E-state index contributed by atoms with van der Waals surface area (Å²) in [4.78, 5) is 30.4. The van der Waals surface area contributed by atoms with Gasteiger partial charge >= 0.3 is 0 Å². The number of nitrogens with zero attached hydrogens (tertiary/aromatic N) is 4. The van der Waals surface area contributed by atoms with E-state index >= 15 is 0 Å². The van der Waals surface area contributed by atoms with Gasteiger partial charge in [0.2, 0.25) is 5.91 Å². The van der Waals surface area contributed by atoms with Gasteiger partial charge in [0.25, 0.3) is 5.56 Å². The van der Waals surface area contributed by atoms with Crippen molar-refractivity contribution in [2.24, 2.45) is 7.05 Å². The summed E-state index contributed by atoms with van der Waals surface area (Å²) in [7, 11) is 1.86. The summed E-state index contributed by atoms with van der Waals surface area (Å²) in [5, 5.41) is -0.212. The Labute approximate surface area is 187 Å². The van der Waals surface area contributed by atoms with Gasteiger partial charge in [0, 0.05) is 25.8 Å². The fourth-order valence-electron chi connectivity index (χ4n) is 4.18. The number of aromatic nitrogens is 2. The molecule has 0 saturated carbocycles. The molecule has 2 aromatic carbocycles. The van der Waals surface area contributed by atoms with Gasteiger partial charge in [0.1, 0.15) is 11.1 Å². The Kier molecular flexibility index (Phi) is 5.96. The molecule has 0 bridgehead atoms. The molecule has 1 aliphatic rings. The molecule has 4 rings (SSSR count). The third-order valence-corrected chi connectivity index (χ3v) is 7.15. The predicted molar refractivity (Wildman–Crippen MR) is 128 cm³/mol. The van der Waals surface area contributed by atoms with Gasteiger partial charge in [-0.25, -0.2) is 4.68 Å². The van der Waals surface area contributed by atoms with Crippen molar-refractivity contribution in [3.8, 4) is 5.69 Å². The lowest BCUT2D eigenvalue weighted by atomic mass is 10.1. The molecule has 0 N–H and O–H groups in total. The van der Waals surface area contributed by atoms with Crippen LogP contribution in [-0.2, 0) is 11.8 Å². The van der Waals surface area contributed by atoms with E-state index in [1.54, 1.807) is 21.3 Å². The molecule has 1 amide bonds. The first kappa shape index (κ1) is 21.3. The van der Waals surface area contributed by atoms with E-state index in [-0.39, 0.29) is 16.8 Å².